The summed E-state index contributed by atoms with van der Waals surface area (Å²) in [5.74, 6) is 0.780. The van der Waals surface area contributed by atoms with Crippen LogP contribution in [0.5, 0.6) is 5.75 Å². The van der Waals surface area contributed by atoms with E-state index >= 15 is 0 Å². The van der Waals surface area contributed by atoms with E-state index in [1.165, 1.54) is 16.0 Å². The standard InChI is InChI=1S/C14H12N2O2S/c1-18-11-4-2-3-10(7-11)9-16-14(17)12-5-6-19-13(12)8-15-16/h2-8H,9H2,1H3. The smallest absolute Gasteiger partial charge is 0.275 e. The molecule has 0 radical (unpaired) electrons. The average Bonchev–Trinajstić information content (AvgIpc) is 2.91. The van der Waals surface area contributed by atoms with Crippen LogP contribution in [0, 0.1) is 0 Å². The molecule has 0 aliphatic rings. The molecule has 2 heterocycles. The van der Waals surface area contributed by atoms with Crippen LogP contribution in [0.3, 0.4) is 0 Å². The van der Waals surface area contributed by atoms with Crippen LogP contribution in [0.2, 0.25) is 0 Å². The molecule has 5 heteroatoms. The summed E-state index contributed by atoms with van der Waals surface area (Å²) in [6, 6.07) is 9.48. The molecule has 4 nitrogen and oxygen atoms in total. The fourth-order valence-electron chi connectivity index (χ4n) is 1.97. The van der Waals surface area contributed by atoms with Gasteiger partial charge in [-0.15, -0.1) is 11.3 Å². The van der Waals surface area contributed by atoms with Gasteiger partial charge in [-0.3, -0.25) is 4.79 Å². The van der Waals surface area contributed by atoms with Gasteiger partial charge in [-0.2, -0.15) is 5.10 Å². The first-order valence-electron chi connectivity index (χ1n) is 5.84. The minimum Gasteiger partial charge on any atom is -0.497 e. The van der Waals surface area contributed by atoms with Gasteiger partial charge in [0.25, 0.3) is 5.56 Å². The molecular formula is C14H12N2O2S. The first-order chi connectivity index (χ1) is 9.28. The summed E-state index contributed by atoms with van der Waals surface area (Å²) >= 11 is 1.53. The molecule has 0 aliphatic heterocycles. The van der Waals surface area contributed by atoms with Gasteiger partial charge in [-0.25, -0.2) is 4.68 Å². The SMILES string of the molecule is COc1cccc(Cn2ncc3sccc3c2=O)c1. The number of benzene rings is 1. The molecule has 0 saturated carbocycles. The summed E-state index contributed by atoms with van der Waals surface area (Å²) in [5.41, 5.74) is 0.935. The number of thiophene rings is 1. The Bertz CT molecular complexity index is 776. The van der Waals surface area contributed by atoms with Crippen molar-refractivity contribution in [1.82, 2.24) is 9.78 Å². The first kappa shape index (κ1) is 11.9. The molecule has 0 atom stereocenters. The molecule has 0 fully saturated rings. The highest BCUT2D eigenvalue weighted by Crippen LogP contribution is 2.16. The fraction of sp³-hybridized carbons (Fsp3) is 0.143. The Kier molecular flexibility index (Phi) is 3.05. The van der Waals surface area contributed by atoms with Crippen molar-refractivity contribution in [1.29, 1.82) is 0 Å². The van der Waals surface area contributed by atoms with Gasteiger partial charge < -0.3 is 4.74 Å². The minimum absolute atomic E-state index is 0.0541. The number of aromatic nitrogens is 2. The quantitative estimate of drug-likeness (QED) is 0.736. The van der Waals surface area contributed by atoms with Gasteiger partial charge in [0.15, 0.2) is 0 Å². The second-order valence-electron chi connectivity index (χ2n) is 4.16. The minimum atomic E-state index is -0.0541. The monoisotopic (exact) mass is 272 g/mol. The molecule has 0 spiro atoms. The molecule has 19 heavy (non-hydrogen) atoms. The zero-order valence-electron chi connectivity index (χ0n) is 10.4. The Hall–Kier alpha value is -2.14. The van der Waals surface area contributed by atoms with Gasteiger partial charge in [0.1, 0.15) is 5.75 Å². The summed E-state index contributed by atoms with van der Waals surface area (Å²) in [6.45, 7) is 0.446. The van der Waals surface area contributed by atoms with Crippen LogP contribution in [-0.2, 0) is 6.54 Å². The molecule has 2 aromatic heterocycles. The van der Waals surface area contributed by atoms with E-state index in [0.29, 0.717) is 6.54 Å². The van der Waals surface area contributed by atoms with Crippen molar-refractivity contribution >= 4 is 21.4 Å². The van der Waals surface area contributed by atoms with E-state index in [4.69, 9.17) is 4.74 Å². The number of hydrogen-bond donors (Lipinski definition) is 0. The lowest BCUT2D eigenvalue weighted by atomic mass is 10.2. The molecule has 0 aliphatic carbocycles. The van der Waals surface area contributed by atoms with Gasteiger partial charge in [-0.05, 0) is 29.1 Å². The second kappa shape index (κ2) is 4.85. The summed E-state index contributed by atoms with van der Waals surface area (Å²) in [4.78, 5) is 12.2. The third-order valence-corrected chi connectivity index (χ3v) is 3.79. The van der Waals surface area contributed by atoms with Crippen molar-refractivity contribution in [2.45, 2.75) is 6.54 Å². The summed E-state index contributed by atoms with van der Waals surface area (Å²) in [5, 5.41) is 6.83. The van der Waals surface area contributed by atoms with E-state index in [1.807, 2.05) is 35.7 Å². The van der Waals surface area contributed by atoms with Crippen LogP contribution in [-0.4, -0.2) is 16.9 Å². The van der Waals surface area contributed by atoms with Crippen molar-refractivity contribution in [3.05, 3.63) is 57.8 Å². The Labute approximate surface area is 113 Å². The molecule has 3 aromatic rings. The predicted molar refractivity (Wildman–Crippen MR) is 76.0 cm³/mol. The molecule has 0 saturated heterocycles. The van der Waals surface area contributed by atoms with Crippen LogP contribution in [0.4, 0.5) is 0 Å². The van der Waals surface area contributed by atoms with Crippen molar-refractivity contribution in [2.75, 3.05) is 7.11 Å². The molecule has 1 aromatic carbocycles. The molecule has 3 rings (SSSR count). The van der Waals surface area contributed by atoms with E-state index in [1.54, 1.807) is 13.3 Å². The highest BCUT2D eigenvalue weighted by molar-refractivity contribution is 7.17. The first-order valence-corrected chi connectivity index (χ1v) is 6.72. The third-order valence-electron chi connectivity index (χ3n) is 2.94. The van der Waals surface area contributed by atoms with Crippen molar-refractivity contribution in [3.63, 3.8) is 0 Å². The topological polar surface area (TPSA) is 44.1 Å². The van der Waals surface area contributed by atoms with Crippen LogP contribution in [0.1, 0.15) is 5.56 Å². The predicted octanol–water partition coefficient (Wildman–Crippen LogP) is 2.51. The largest absolute Gasteiger partial charge is 0.497 e. The number of rotatable bonds is 3. The van der Waals surface area contributed by atoms with Gasteiger partial charge >= 0.3 is 0 Å². The summed E-state index contributed by atoms with van der Waals surface area (Å²) < 4.78 is 7.57. The number of fused-ring (bicyclic) bond motifs is 1. The molecule has 96 valence electrons. The number of ether oxygens (including phenoxy) is 1. The van der Waals surface area contributed by atoms with Gasteiger partial charge in [-0.1, -0.05) is 12.1 Å². The number of hydrogen-bond acceptors (Lipinski definition) is 4. The second-order valence-corrected chi connectivity index (χ2v) is 5.11. The Morgan fingerprint density at radius 1 is 1.37 bits per heavy atom. The average molecular weight is 272 g/mol. The molecule has 0 amide bonds. The Balaban J connectivity index is 2.00. The lowest BCUT2D eigenvalue weighted by Gasteiger charge is -2.06. The molecule has 0 bridgehead atoms. The molecule has 0 unspecified atom stereocenters. The lowest BCUT2D eigenvalue weighted by molar-refractivity contribution is 0.414. The van der Waals surface area contributed by atoms with Crippen molar-refractivity contribution in [3.8, 4) is 5.75 Å². The molecular weight excluding hydrogens is 260 g/mol. The van der Waals surface area contributed by atoms with Crippen LogP contribution in [0.15, 0.2) is 46.7 Å². The maximum Gasteiger partial charge on any atom is 0.275 e. The Morgan fingerprint density at radius 3 is 3.11 bits per heavy atom. The maximum atomic E-state index is 12.2. The van der Waals surface area contributed by atoms with Crippen LogP contribution in [0.25, 0.3) is 10.1 Å². The lowest BCUT2D eigenvalue weighted by Crippen LogP contribution is -2.22. The van der Waals surface area contributed by atoms with Gasteiger partial charge in [0.05, 0.1) is 29.9 Å². The fourth-order valence-corrected chi connectivity index (χ4v) is 2.71. The highest BCUT2D eigenvalue weighted by atomic mass is 32.1. The van der Waals surface area contributed by atoms with Crippen LogP contribution >= 0.6 is 11.3 Å². The van der Waals surface area contributed by atoms with E-state index in [0.717, 1.165) is 21.4 Å². The van der Waals surface area contributed by atoms with Crippen LogP contribution < -0.4 is 10.3 Å². The maximum absolute atomic E-state index is 12.2. The number of nitrogens with zero attached hydrogens (tertiary/aromatic N) is 2. The molecule has 0 N–H and O–H groups in total. The summed E-state index contributed by atoms with van der Waals surface area (Å²) in [6.07, 6.45) is 1.74. The van der Waals surface area contributed by atoms with E-state index < -0.39 is 0 Å². The normalized spacial score (nSPS) is 10.8. The van der Waals surface area contributed by atoms with E-state index in [-0.39, 0.29) is 5.56 Å². The Morgan fingerprint density at radius 2 is 2.26 bits per heavy atom. The van der Waals surface area contributed by atoms with E-state index in [2.05, 4.69) is 5.10 Å². The number of methoxy groups -OCH3 is 1. The van der Waals surface area contributed by atoms with Gasteiger partial charge in [0, 0.05) is 0 Å². The highest BCUT2D eigenvalue weighted by Gasteiger charge is 2.06. The zero-order chi connectivity index (χ0) is 13.2. The van der Waals surface area contributed by atoms with E-state index in [9.17, 15) is 4.79 Å². The van der Waals surface area contributed by atoms with Crippen molar-refractivity contribution in [2.24, 2.45) is 0 Å². The zero-order valence-corrected chi connectivity index (χ0v) is 11.2. The van der Waals surface area contributed by atoms with Gasteiger partial charge in [0.2, 0.25) is 0 Å². The summed E-state index contributed by atoms with van der Waals surface area (Å²) in [7, 11) is 1.63. The third kappa shape index (κ3) is 2.24. The van der Waals surface area contributed by atoms with Crippen molar-refractivity contribution < 1.29 is 4.74 Å².